The van der Waals surface area contributed by atoms with Crippen LogP contribution in [0.1, 0.15) is 5.56 Å². The summed E-state index contributed by atoms with van der Waals surface area (Å²) in [5, 5.41) is -1.27. The van der Waals surface area contributed by atoms with E-state index in [1.54, 1.807) is 36.4 Å². The van der Waals surface area contributed by atoms with Gasteiger partial charge in [0.25, 0.3) is 0 Å². The topological polar surface area (TPSA) is 69.2 Å². The summed E-state index contributed by atoms with van der Waals surface area (Å²) in [5.74, 6) is 0.243. The number of hydrogen-bond acceptors (Lipinski definition) is 5. The maximum Gasteiger partial charge on any atom is 0.321 e. The van der Waals surface area contributed by atoms with Crippen LogP contribution in [0.2, 0.25) is 0 Å². The highest BCUT2D eigenvalue weighted by Gasteiger charge is 2.21. The summed E-state index contributed by atoms with van der Waals surface area (Å²) in [6, 6.07) is 15.5. The molecule has 0 spiro atoms. The Morgan fingerprint density at radius 3 is 2.28 bits per heavy atom. The van der Waals surface area contributed by atoms with E-state index in [1.807, 2.05) is 0 Å². The maximum atomic E-state index is 14.5. The summed E-state index contributed by atoms with van der Waals surface area (Å²) in [6.07, 6.45) is 3.92. The number of aromatic nitrogens is 2. The Morgan fingerprint density at radius 2 is 1.56 bits per heavy atom. The third kappa shape index (κ3) is 3.89. The van der Waals surface area contributed by atoms with E-state index >= 15 is 0 Å². The van der Waals surface area contributed by atoms with Gasteiger partial charge in [0.05, 0.1) is 4.90 Å². The number of benzene rings is 2. The van der Waals surface area contributed by atoms with Crippen LogP contribution in [0.15, 0.2) is 83.1 Å². The number of rotatable bonds is 5. The highest BCUT2D eigenvalue weighted by Crippen LogP contribution is 2.28. The van der Waals surface area contributed by atoms with Crippen molar-refractivity contribution >= 4 is 15.9 Å². The third-order valence-electron chi connectivity index (χ3n) is 3.24. The van der Waals surface area contributed by atoms with Crippen LogP contribution < -0.4 is 4.74 Å². The molecule has 0 atom stereocenters. The minimum absolute atomic E-state index is 0.0784. The molecule has 0 aliphatic carbocycles. The van der Waals surface area contributed by atoms with E-state index in [9.17, 15) is 12.8 Å². The molecule has 3 aromatic rings. The lowest BCUT2D eigenvalue weighted by Gasteiger charge is -2.07. The number of ether oxygens (including phenoxy) is 1. The van der Waals surface area contributed by atoms with Gasteiger partial charge in [-0.2, -0.15) is 4.39 Å². The van der Waals surface area contributed by atoms with Gasteiger partial charge in [-0.1, -0.05) is 36.4 Å². The Labute approximate surface area is 144 Å². The molecule has 0 unspecified atom stereocenters. The largest absolute Gasteiger partial charge is 0.424 e. The predicted octanol–water partition coefficient (Wildman–Crippen LogP) is 4.01. The first-order valence-electron chi connectivity index (χ1n) is 7.28. The molecule has 7 heteroatoms. The molecule has 1 heterocycles. The molecule has 126 valence electrons. The lowest BCUT2D eigenvalue weighted by molar-refractivity contribution is 0.440. The highest BCUT2D eigenvalue weighted by atomic mass is 32.2. The molecule has 0 radical (unpaired) electrons. The Morgan fingerprint density at radius 1 is 0.920 bits per heavy atom. The van der Waals surface area contributed by atoms with Crippen LogP contribution >= 0.6 is 0 Å². The van der Waals surface area contributed by atoms with Crippen molar-refractivity contribution < 1.29 is 17.5 Å². The van der Waals surface area contributed by atoms with Gasteiger partial charge in [0.15, 0.2) is 0 Å². The van der Waals surface area contributed by atoms with Crippen molar-refractivity contribution in [2.45, 2.75) is 4.90 Å². The fraction of sp³-hybridized carbons (Fsp3) is 0. The third-order valence-corrected chi connectivity index (χ3v) is 4.77. The van der Waals surface area contributed by atoms with Crippen LogP contribution in [0.5, 0.6) is 11.8 Å². The molecule has 2 aromatic carbocycles. The molecule has 0 aliphatic heterocycles. The monoisotopic (exact) mass is 356 g/mol. The van der Waals surface area contributed by atoms with Crippen molar-refractivity contribution in [3.63, 3.8) is 0 Å². The smallest absolute Gasteiger partial charge is 0.321 e. The van der Waals surface area contributed by atoms with Crippen molar-refractivity contribution in [3.8, 4) is 11.8 Å². The predicted molar refractivity (Wildman–Crippen MR) is 91.3 cm³/mol. The zero-order chi connectivity index (χ0) is 17.7. The summed E-state index contributed by atoms with van der Waals surface area (Å²) >= 11 is 0. The molecule has 0 fully saturated rings. The van der Waals surface area contributed by atoms with Gasteiger partial charge in [-0.3, -0.25) is 0 Å². The first kappa shape index (κ1) is 16.8. The van der Waals surface area contributed by atoms with Gasteiger partial charge in [-0.25, -0.2) is 18.4 Å². The van der Waals surface area contributed by atoms with E-state index < -0.39 is 15.0 Å². The summed E-state index contributed by atoms with van der Waals surface area (Å²) in [7, 11) is -4.22. The van der Waals surface area contributed by atoms with Crippen LogP contribution in [0.3, 0.4) is 0 Å². The molecule has 0 amide bonds. The molecule has 0 aliphatic rings. The van der Waals surface area contributed by atoms with E-state index in [0.29, 0.717) is 0 Å². The number of para-hydroxylation sites is 1. The van der Waals surface area contributed by atoms with Gasteiger partial charge < -0.3 is 4.74 Å². The maximum absolute atomic E-state index is 14.5. The Balaban J connectivity index is 1.96. The zero-order valence-corrected chi connectivity index (χ0v) is 13.7. The second-order valence-corrected chi connectivity index (χ2v) is 6.80. The molecule has 5 nitrogen and oxygen atoms in total. The van der Waals surface area contributed by atoms with E-state index in [4.69, 9.17) is 4.74 Å². The van der Waals surface area contributed by atoms with E-state index in [-0.39, 0.29) is 22.2 Å². The van der Waals surface area contributed by atoms with Crippen molar-refractivity contribution in [2.75, 3.05) is 0 Å². The highest BCUT2D eigenvalue weighted by molar-refractivity contribution is 7.95. The number of hydrogen-bond donors (Lipinski definition) is 0. The average Bonchev–Trinajstić information content (AvgIpc) is 2.65. The van der Waals surface area contributed by atoms with Crippen molar-refractivity contribution in [1.82, 2.24) is 9.97 Å². The summed E-state index contributed by atoms with van der Waals surface area (Å²) in [6.45, 7) is 0. The fourth-order valence-electron chi connectivity index (χ4n) is 2.04. The minimum atomic E-state index is -4.22. The van der Waals surface area contributed by atoms with Crippen molar-refractivity contribution in [3.05, 3.63) is 83.8 Å². The van der Waals surface area contributed by atoms with Crippen molar-refractivity contribution in [1.29, 1.82) is 0 Å². The van der Waals surface area contributed by atoms with Gasteiger partial charge in [0.2, 0.25) is 15.0 Å². The molecule has 3 rings (SSSR count). The number of sulfone groups is 1. The lowest BCUT2D eigenvalue weighted by atomic mass is 10.2. The first-order valence-corrected chi connectivity index (χ1v) is 8.77. The lowest BCUT2D eigenvalue weighted by Crippen LogP contribution is -2.01. The van der Waals surface area contributed by atoms with Gasteiger partial charge >= 0.3 is 6.01 Å². The van der Waals surface area contributed by atoms with Gasteiger partial charge in [-0.05, 0) is 30.3 Å². The normalized spacial score (nSPS) is 12.0. The number of halogens is 1. The van der Waals surface area contributed by atoms with Crippen molar-refractivity contribution in [2.24, 2.45) is 0 Å². The SMILES string of the molecule is O=S(=O)(/C(F)=C\c1ccccc1Oc1ncccn1)c1ccccc1. The molecule has 0 saturated carbocycles. The van der Waals surface area contributed by atoms with E-state index in [0.717, 1.165) is 6.08 Å². The minimum Gasteiger partial charge on any atom is -0.424 e. The van der Waals surface area contributed by atoms with Gasteiger partial charge in [0, 0.05) is 18.0 Å². The summed E-state index contributed by atoms with van der Waals surface area (Å²) in [5.41, 5.74) is 0.256. The summed E-state index contributed by atoms with van der Waals surface area (Å²) in [4.78, 5) is 7.73. The van der Waals surface area contributed by atoms with Crippen LogP contribution in [-0.4, -0.2) is 18.4 Å². The van der Waals surface area contributed by atoms with Crippen LogP contribution in [0.4, 0.5) is 4.39 Å². The molecular formula is C18H13FN2O3S. The fourth-order valence-corrected chi connectivity index (χ4v) is 3.06. The molecular weight excluding hydrogens is 343 g/mol. The van der Waals surface area contributed by atoms with Crippen LogP contribution in [0.25, 0.3) is 6.08 Å². The quantitative estimate of drug-likeness (QED) is 0.691. The number of nitrogens with zero attached hydrogens (tertiary/aromatic N) is 2. The standard InChI is InChI=1S/C18H13FN2O3S/c19-17(25(22,23)15-8-2-1-3-9-15)13-14-7-4-5-10-16(14)24-18-20-11-6-12-21-18/h1-13H/b17-13-. The second kappa shape index (κ2) is 7.23. The molecule has 1 aromatic heterocycles. The average molecular weight is 356 g/mol. The Bertz CT molecular complexity index is 991. The van der Waals surface area contributed by atoms with E-state index in [1.165, 1.54) is 36.7 Å². The zero-order valence-electron chi connectivity index (χ0n) is 12.9. The van der Waals surface area contributed by atoms with Crippen LogP contribution in [-0.2, 0) is 9.84 Å². The Hall–Kier alpha value is -3.06. The van der Waals surface area contributed by atoms with Gasteiger partial charge in [-0.15, -0.1) is 0 Å². The second-order valence-electron chi connectivity index (χ2n) is 4.94. The van der Waals surface area contributed by atoms with Gasteiger partial charge in [0.1, 0.15) is 5.75 Å². The van der Waals surface area contributed by atoms with Crippen LogP contribution in [0, 0.1) is 0 Å². The van der Waals surface area contributed by atoms with E-state index in [2.05, 4.69) is 9.97 Å². The molecule has 0 N–H and O–H groups in total. The Kier molecular flexibility index (Phi) is 4.85. The summed E-state index contributed by atoms with van der Waals surface area (Å²) < 4.78 is 44.6. The molecule has 25 heavy (non-hydrogen) atoms. The first-order chi connectivity index (χ1) is 12.1. The molecule has 0 saturated heterocycles. The molecule has 0 bridgehead atoms.